The Morgan fingerprint density at radius 1 is 0.967 bits per heavy atom. The second kappa shape index (κ2) is 18.9. The molecular formula is C23H35NO5S. The highest BCUT2D eigenvalue weighted by molar-refractivity contribution is 8.00. The fourth-order valence-corrected chi connectivity index (χ4v) is 3.41. The summed E-state index contributed by atoms with van der Waals surface area (Å²) in [6.07, 6.45) is 22.5. The third-order valence-corrected chi connectivity index (χ3v) is 5.35. The van der Waals surface area contributed by atoms with Crippen LogP contribution in [-0.2, 0) is 9.59 Å². The molecule has 0 saturated heterocycles. The Bertz CT molecular complexity index is 625. The Morgan fingerprint density at radius 2 is 1.60 bits per heavy atom. The molecule has 0 aromatic heterocycles. The second-order valence-corrected chi connectivity index (χ2v) is 7.83. The van der Waals surface area contributed by atoms with Gasteiger partial charge in [-0.15, -0.1) is 11.8 Å². The molecule has 0 rings (SSSR count). The van der Waals surface area contributed by atoms with Crippen molar-refractivity contribution >= 4 is 23.7 Å². The number of aliphatic hydroxyl groups is 1. The van der Waals surface area contributed by atoms with E-state index < -0.39 is 24.1 Å². The molecule has 3 atom stereocenters. The van der Waals surface area contributed by atoms with Gasteiger partial charge in [-0.3, -0.25) is 9.59 Å². The number of rotatable bonds is 17. The van der Waals surface area contributed by atoms with Gasteiger partial charge in [0.15, 0.2) is 0 Å². The average Bonchev–Trinajstić information content (AvgIpc) is 2.70. The Morgan fingerprint density at radius 3 is 2.23 bits per heavy atom. The second-order valence-electron chi connectivity index (χ2n) is 6.62. The minimum atomic E-state index is -1.09. The normalized spacial score (nSPS) is 15.7. The van der Waals surface area contributed by atoms with Gasteiger partial charge in [0.05, 0.1) is 6.10 Å². The number of carboxylic acids is 2. The van der Waals surface area contributed by atoms with Gasteiger partial charge in [0, 0.05) is 17.4 Å². The molecule has 30 heavy (non-hydrogen) atoms. The number of carbonyl (C=O) groups is 2. The zero-order valence-electron chi connectivity index (χ0n) is 17.6. The lowest BCUT2D eigenvalue weighted by Crippen LogP contribution is -2.34. The van der Waals surface area contributed by atoms with Crippen molar-refractivity contribution in [2.24, 2.45) is 5.73 Å². The van der Waals surface area contributed by atoms with E-state index in [0.717, 1.165) is 19.3 Å². The van der Waals surface area contributed by atoms with Gasteiger partial charge in [-0.2, -0.15) is 0 Å². The molecule has 168 valence electrons. The van der Waals surface area contributed by atoms with Gasteiger partial charge >= 0.3 is 11.9 Å². The standard InChI is InChI=1S/C23H35NO5S/c1-2-3-4-5-6-7-8-9-10-11-12-13-16-21(30-18-19(24)23(28)29)20(25)15-14-17-22(26)27/h3-4,6-7,9-13,16,19-21,25H,2,5,8,14-15,17-18,24H2,1H3,(H,26,27)(H,28,29)/b4-3-,7-6-,10-9-,12-11+,16-13+/t19-,20-,21+/m0/s1. The van der Waals surface area contributed by atoms with Crippen LogP contribution in [0.25, 0.3) is 0 Å². The van der Waals surface area contributed by atoms with Crippen LogP contribution in [-0.4, -0.2) is 50.4 Å². The first-order valence-corrected chi connectivity index (χ1v) is 11.2. The number of aliphatic hydroxyl groups excluding tert-OH is 1. The van der Waals surface area contributed by atoms with Crippen LogP contribution in [0.5, 0.6) is 0 Å². The Hall–Kier alpha value is -2.09. The predicted octanol–water partition coefficient (Wildman–Crippen LogP) is 4.09. The van der Waals surface area contributed by atoms with Crippen molar-refractivity contribution in [2.75, 3.05) is 5.75 Å². The Balaban J connectivity index is 4.56. The van der Waals surface area contributed by atoms with Crippen molar-refractivity contribution in [3.8, 4) is 0 Å². The molecule has 0 aliphatic carbocycles. The van der Waals surface area contributed by atoms with Crippen LogP contribution in [0, 0.1) is 0 Å². The third-order valence-electron chi connectivity index (χ3n) is 3.94. The van der Waals surface area contributed by atoms with E-state index in [1.165, 1.54) is 11.8 Å². The summed E-state index contributed by atoms with van der Waals surface area (Å²) in [4.78, 5) is 21.5. The monoisotopic (exact) mass is 437 g/mol. The number of hydrogen-bond donors (Lipinski definition) is 4. The zero-order chi connectivity index (χ0) is 22.6. The van der Waals surface area contributed by atoms with Crippen LogP contribution in [0.4, 0.5) is 0 Å². The van der Waals surface area contributed by atoms with Crippen LogP contribution in [0.15, 0.2) is 60.8 Å². The maximum absolute atomic E-state index is 10.9. The average molecular weight is 438 g/mol. The fourth-order valence-electron chi connectivity index (χ4n) is 2.28. The molecule has 0 radical (unpaired) electrons. The van der Waals surface area contributed by atoms with Gasteiger partial charge in [0.25, 0.3) is 0 Å². The maximum atomic E-state index is 10.9. The van der Waals surface area contributed by atoms with E-state index >= 15 is 0 Å². The third kappa shape index (κ3) is 16.8. The number of carboxylic acid groups (broad SMARTS) is 2. The van der Waals surface area contributed by atoms with Gasteiger partial charge in [0.2, 0.25) is 0 Å². The predicted molar refractivity (Wildman–Crippen MR) is 125 cm³/mol. The van der Waals surface area contributed by atoms with Crippen molar-refractivity contribution in [1.82, 2.24) is 0 Å². The van der Waals surface area contributed by atoms with Crippen LogP contribution in [0.2, 0.25) is 0 Å². The SMILES string of the molecule is CC/C=C\C/C=C\C\C=C/C=C/C=C/[C@@H](SC[C@H](N)C(=O)O)[C@@H](O)CCCC(=O)O. The lowest BCUT2D eigenvalue weighted by Gasteiger charge is -2.20. The largest absolute Gasteiger partial charge is 0.481 e. The van der Waals surface area contributed by atoms with Crippen molar-refractivity contribution in [3.63, 3.8) is 0 Å². The van der Waals surface area contributed by atoms with Crippen molar-refractivity contribution in [2.45, 2.75) is 62.8 Å². The minimum absolute atomic E-state index is 0.0131. The maximum Gasteiger partial charge on any atom is 0.321 e. The van der Waals surface area contributed by atoms with Gasteiger partial charge < -0.3 is 21.1 Å². The molecule has 0 bridgehead atoms. The molecule has 0 aromatic carbocycles. The minimum Gasteiger partial charge on any atom is -0.481 e. The first-order chi connectivity index (χ1) is 14.4. The van der Waals surface area contributed by atoms with Gasteiger partial charge in [-0.05, 0) is 32.1 Å². The lowest BCUT2D eigenvalue weighted by atomic mass is 10.1. The lowest BCUT2D eigenvalue weighted by molar-refractivity contribution is -0.138. The number of thioether (sulfide) groups is 1. The molecule has 0 aromatic rings. The first kappa shape index (κ1) is 27.9. The first-order valence-electron chi connectivity index (χ1n) is 10.2. The molecule has 0 amide bonds. The molecule has 5 N–H and O–H groups in total. The molecule has 0 aliphatic heterocycles. The molecule has 0 heterocycles. The van der Waals surface area contributed by atoms with Crippen molar-refractivity contribution < 1.29 is 24.9 Å². The van der Waals surface area contributed by atoms with E-state index in [9.17, 15) is 14.7 Å². The number of aliphatic carboxylic acids is 2. The Kier molecular flexibility index (Phi) is 17.6. The smallest absolute Gasteiger partial charge is 0.321 e. The summed E-state index contributed by atoms with van der Waals surface area (Å²) in [5.41, 5.74) is 5.54. The number of nitrogens with two attached hydrogens (primary N) is 1. The van der Waals surface area contributed by atoms with Gasteiger partial charge in [-0.25, -0.2) is 0 Å². The molecule has 0 spiro atoms. The molecule has 0 unspecified atom stereocenters. The van der Waals surface area contributed by atoms with Crippen LogP contribution in [0.3, 0.4) is 0 Å². The number of hydrogen-bond acceptors (Lipinski definition) is 5. The summed E-state index contributed by atoms with van der Waals surface area (Å²) in [6, 6.07) is -1.01. The summed E-state index contributed by atoms with van der Waals surface area (Å²) in [6.45, 7) is 2.11. The van der Waals surface area contributed by atoms with Crippen molar-refractivity contribution in [3.05, 3.63) is 60.8 Å². The summed E-state index contributed by atoms with van der Waals surface area (Å²) >= 11 is 1.25. The summed E-state index contributed by atoms with van der Waals surface area (Å²) in [7, 11) is 0. The molecule has 0 fully saturated rings. The Labute approximate surface area is 183 Å². The van der Waals surface area contributed by atoms with Crippen molar-refractivity contribution in [1.29, 1.82) is 0 Å². The highest BCUT2D eigenvalue weighted by Crippen LogP contribution is 2.21. The fraction of sp³-hybridized carbons (Fsp3) is 0.478. The molecule has 7 heteroatoms. The summed E-state index contributed by atoms with van der Waals surface area (Å²) in [5.74, 6) is -1.84. The molecular weight excluding hydrogens is 402 g/mol. The highest BCUT2D eigenvalue weighted by Gasteiger charge is 2.20. The summed E-state index contributed by atoms with van der Waals surface area (Å²) < 4.78 is 0. The van der Waals surface area contributed by atoms with Crippen LogP contribution < -0.4 is 5.73 Å². The summed E-state index contributed by atoms with van der Waals surface area (Å²) in [5, 5.41) is 27.6. The van der Waals surface area contributed by atoms with E-state index in [1.54, 1.807) is 12.2 Å². The van der Waals surface area contributed by atoms with Gasteiger partial charge in [0.1, 0.15) is 6.04 Å². The topological polar surface area (TPSA) is 121 Å². The van der Waals surface area contributed by atoms with Crippen LogP contribution in [0.1, 0.15) is 45.4 Å². The quantitative estimate of drug-likeness (QED) is 0.200. The highest BCUT2D eigenvalue weighted by atomic mass is 32.2. The van der Waals surface area contributed by atoms with E-state index in [-0.39, 0.29) is 17.4 Å². The van der Waals surface area contributed by atoms with E-state index in [0.29, 0.717) is 12.8 Å². The number of allylic oxidation sites excluding steroid dienone is 9. The van der Waals surface area contributed by atoms with E-state index in [1.807, 2.05) is 24.3 Å². The van der Waals surface area contributed by atoms with Gasteiger partial charge in [-0.1, -0.05) is 67.7 Å². The van der Waals surface area contributed by atoms with E-state index in [4.69, 9.17) is 15.9 Å². The molecule has 6 nitrogen and oxygen atoms in total. The zero-order valence-corrected chi connectivity index (χ0v) is 18.4. The molecule has 0 aliphatic rings. The van der Waals surface area contributed by atoms with E-state index in [2.05, 4.69) is 31.2 Å². The molecule has 0 saturated carbocycles. The van der Waals surface area contributed by atoms with Crippen LogP contribution >= 0.6 is 11.8 Å².